The molecule has 0 spiro atoms. The number of anilines is 1. The Kier molecular flexibility index (Phi) is 5.15. The number of para-hydroxylation sites is 1. The number of hydrogen-bond donors (Lipinski definition) is 2. The predicted molar refractivity (Wildman–Crippen MR) is 111 cm³/mol. The first-order valence-electron chi connectivity index (χ1n) is 9.20. The maximum atomic E-state index is 12.7. The van der Waals surface area contributed by atoms with Gasteiger partial charge in [0.05, 0.1) is 10.9 Å². The lowest BCUT2D eigenvalue weighted by molar-refractivity contribution is -0.117. The Morgan fingerprint density at radius 1 is 1.10 bits per heavy atom. The molecule has 1 aromatic heterocycles. The fraction of sp³-hybridized carbons (Fsp3) is 0.143. The Balaban J connectivity index is 1.40. The zero-order valence-electron chi connectivity index (χ0n) is 15.9. The fourth-order valence-electron chi connectivity index (χ4n) is 3.13. The second kappa shape index (κ2) is 7.77. The smallest absolute Gasteiger partial charge is 0.291 e. The van der Waals surface area contributed by atoms with E-state index in [-0.39, 0.29) is 35.7 Å². The quantitative estimate of drug-likeness (QED) is 0.590. The molecule has 0 aliphatic carbocycles. The fourth-order valence-corrected chi connectivity index (χ4v) is 4.66. The SMILES string of the molecule is C=CC(=O)NC1CN(S(=O)(=O)c2ccc(NC(=O)c3cc4ccccc4o3)cc2)C1. The van der Waals surface area contributed by atoms with Crippen molar-refractivity contribution in [3.8, 4) is 0 Å². The highest BCUT2D eigenvalue weighted by Gasteiger charge is 2.37. The van der Waals surface area contributed by atoms with E-state index in [9.17, 15) is 18.0 Å². The maximum Gasteiger partial charge on any atom is 0.291 e. The molecule has 0 bridgehead atoms. The molecule has 1 saturated heterocycles. The molecule has 8 nitrogen and oxygen atoms in total. The monoisotopic (exact) mass is 425 g/mol. The highest BCUT2D eigenvalue weighted by atomic mass is 32.2. The number of nitrogens with one attached hydrogen (secondary N) is 2. The Morgan fingerprint density at radius 3 is 2.47 bits per heavy atom. The van der Waals surface area contributed by atoms with Gasteiger partial charge in [-0.05, 0) is 42.5 Å². The molecule has 9 heteroatoms. The van der Waals surface area contributed by atoms with E-state index in [4.69, 9.17) is 4.42 Å². The van der Waals surface area contributed by atoms with Gasteiger partial charge < -0.3 is 15.1 Å². The van der Waals surface area contributed by atoms with Crippen molar-refractivity contribution in [2.24, 2.45) is 0 Å². The van der Waals surface area contributed by atoms with E-state index in [1.165, 1.54) is 28.6 Å². The average Bonchev–Trinajstić information content (AvgIpc) is 3.15. The number of hydrogen-bond acceptors (Lipinski definition) is 5. The second-order valence-corrected chi connectivity index (χ2v) is 8.80. The van der Waals surface area contributed by atoms with Crippen LogP contribution in [0.2, 0.25) is 0 Å². The number of carbonyl (C=O) groups is 2. The first kappa shape index (κ1) is 19.9. The van der Waals surface area contributed by atoms with Crippen molar-refractivity contribution in [3.63, 3.8) is 0 Å². The summed E-state index contributed by atoms with van der Waals surface area (Å²) < 4.78 is 32.1. The first-order chi connectivity index (χ1) is 14.4. The van der Waals surface area contributed by atoms with Crippen LogP contribution in [0.4, 0.5) is 5.69 Å². The zero-order chi connectivity index (χ0) is 21.3. The normalized spacial score (nSPS) is 14.8. The van der Waals surface area contributed by atoms with Crippen LogP contribution < -0.4 is 10.6 Å². The van der Waals surface area contributed by atoms with E-state index in [1.807, 2.05) is 18.2 Å². The van der Waals surface area contributed by atoms with Gasteiger partial charge in [0, 0.05) is 24.2 Å². The molecular formula is C21H19N3O5S. The zero-order valence-corrected chi connectivity index (χ0v) is 16.7. The first-order valence-corrected chi connectivity index (χ1v) is 10.6. The third-order valence-electron chi connectivity index (χ3n) is 4.78. The third kappa shape index (κ3) is 3.85. The van der Waals surface area contributed by atoms with Gasteiger partial charge in [-0.2, -0.15) is 4.31 Å². The van der Waals surface area contributed by atoms with Crippen molar-refractivity contribution in [1.29, 1.82) is 0 Å². The number of rotatable bonds is 6. The second-order valence-electron chi connectivity index (χ2n) is 6.86. The van der Waals surface area contributed by atoms with Crippen molar-refractivity contribution < 1.29 is 22.4 Å². The minimum absolute atomic E-state index is 0.109. The molecule has 0 atom stereocenters. The highest BCUT2D eigenvalue weighted by molar-refractivity contribution is 7.89. The van der Waals surface area contributed by atoms with Crippen LogP contribution in [-0.4, -0.2) is 43.7 Å². The van der Waals surface area contributed by atoms with Gasteiger partial charge in [0.1, 0.15) is 5.58 Å². The molecule has 0 unspecified atom stereocenters. The molecule has 1 aliphatic rings. The van der Waals surface area contributed by atoms with E-state index in [2.05, 4.69) is 17.2 Å². The number of furan rings is 1. The Hall–Kier alpha value is -3.43. The van der Waals surface area contributed by atoms with E-state index in [0.29, 0.717) is 11.3 Å². The van der Waals surface area contributed by atoms with E-state index < -0.39 is 15.9 Å². The minimum atomic E-state index is -3.67. The van der Waals surface area contributed by atoms with Crippen molar-refractivity contribution in [2.75, 3.05) is 18.4 Å². The molecule has 0 radical (unpaired) electrons. The van der Waals surface area contributed by atoms with Crippen molar-refractivity contribution >= 4 is 38.5 Å². The topological polar surface area (TPSA) is 109 Å². The van der Waals surface area contributed by atoms with Crippen LogP contribution in [0.5, 0.6) is 0 Å². The van der Waals surface area contributed by atoms with Gasteiger partial charge in [-0.3, -0.25) is 9.59 Å². The Labute approximate surface area is 173 Å². The third-order valence-corrected chi connectivity index (χ3v) is 6.62. The summed E-state index contributed by atoms with van der Waals surface area (Å²) in [4.78, 5) is 23.8. The maximum absolute atomic E-state index is 12.7. The molecule has 4 rings (SSSR count). The van der Waals surface area contributed by atoms with Gasteiger partial charge >= 0.3 is 0 Å². The summed E-state index contributed by atoms with van der Waals surface area (Å²) in [5.74, 6) is -0.590. The van der Waals surface area contributed by atoms with Gasteiger partial charge in [-0.1, -0.05) is 24.8 Å². The van der Waals surface area contributed by atoms with Crippen molar-refractivity contribution in [1.82, 2.24) is 9.62 Å². The van der Waals surface area contributed by atoms with Gasteiger partial charge in [0.2, 0.25) is 15.9 Å². The summed E-state index contributed by atoms with van der Waals surface area (Å²) in [6, 6.07) is 14.6. The number of sulfonamides is 1. The summed E-state index contributed by atoms with van der Waals surface area (Å²) in [5.41, 5.74) is 1.06. The standard InChI is InChI=1S/C21H19N3O5S/c1-2-20(25)22-16-12-24(13-16)30(27,28)17-9-7-15(8-10-17)23-21(26)19-11-14-5-3-4-6-18(14)29-19/h2-11,16H,1,12-13H2,(H,22,25)(H,23,26). The highest BCUT2D eigenvalue weighted by Crippen LogP contribution is 2.24. The molecule has 0 saturated carbocycles. The van der Waals surface area contributed by atoms with E-state index in [1.54, 1.807) is 12.1 Å². The van der Waals surface area contributed by atoms with Crippen LogP contribution in [0.1, 0.15) is 10.6 Å². The lowest BCUT2D eigenvalue weighted by Gasteiger charge is -2.38. The number of amides is 2. The van der Waals surface area contributed by atoms with E-state index >= 15 is 0 Å². The minimum Gasteiger partial charge on any atom is -0.451 e. The number of carbonyl (C=O) groups excluding carboxylic acids is 2. The van der Waals surface area contributed by atoms with Crippen LogP contribution in [0, 0.1) is 0 Å². The number of nitrogens with zero attached hydrogens (tertiary/aromatic N) is 1. The molecule has 2 heterocycles. The molecule has 1 fully saturated rings. The summed E-state index contributed by atoms with van der Waals surface area (Å²) in [6.45, 7) is 3.77. The lowest BCUT2D eigenvalue weighted by Crippen LogP contribution is -2.60. The number of fused-ring (bicyclic) bond motifs is 1. The molecule has 3 aromatic rings. The van der Waals surface area contributed by atoms with Gasteiger partial charge in [-0.25, -0.2) is 8.42 Å². The van der Waals surface area contributed by atoms with Crippen LogP contribution in [0.15, 0.2) is 76.6 Å². The molecule has 2 N–H and O–H groups in total. The largest absolute Gasteiger partial charge is 0.451 e. The van der Waals surface area contributed by atoms with Crippen LogP contribution >= 0.6 is 0 Å². The Morgan fingerprint density at radius 2 is 1.80 bits per heavy atom. The Bertz CT molecular complexity index is 1190. The van der Waals surface area contributed by atoms with Gasteiger partial charge in [-0.15, -0.1) is 0 Å². The number of benzene rings is 2. The van der Waals surface area contributed by atoms with Crippen LogP contribution in [0.25, 0.3) is 11.0 Å². The molecule has 2 amide bonds. The summed E-state index contributed by atoms with van der Waals surface area (Å²) in [5, 5.41) is 6.17. The predicted octanol–water partition coefficient (Wildman–Crippen LogP) is 2.36. The van der Waals surface area contributed by atoms with E-state index in [0.717, 1.165) is 11.5 Å². The van der Waals surface area contributed by atoms with Crippen molar-refractivity contribution in [2.45, 2.75) is 10.9 Å². The average molecular weight is 425 g/mol. The molecule has 2 aromatic carbocycles. The van der Waals surface area contributed by atoms with Crippen molar-refractivity contribution in [3.05, 3.63) is 73.0 Å². The lowest BCUT2D eigenvalue weighted by atomic mass is 10.2. The molecule has 154 valence electrons. The molecule has 30 heavy (non-hydrogen) atoms. The van der Waals surface area contributed by atoms with Gasteiger partial charge in [0.15, 0.2) is 5.76 Å². The summed E-state index contributed by atoms with van der Waals surface area (Å²) >= 11 is 0. The molecule has 1 aliphatic heterocycles. The van der Waals surface area contributed by atoms with Gasteiger partial charge in [0.25, 0.3) is 5.91 Å². The molecular weight excluding hydrogens is 406 g/mol. The summed E-state index contributed by atoms with van der Waals surface area (Å²) in [6.07, 6.45) is 1.15. The van der Waals surface area contributed by atoms with Crippen LogP contribution in [0.3, 0.4) is 0 Å². The summed E-state index contributed by atoms with van der Waals surface area (Å²) in [7, 11) is -3.67. The van der Waals surface area contributed by atoms with Crippen LogP contribution in [-0.2, 0) is 14.8 Å².